The second-order valence-corrected chi connectivity index (χ2v) is 4.21. The molecule has 19 heavy (non-hydrogen) atoms. The van der Waals surface area contributed by atoms with Gasteiger partial charge in [0.15, 0.2) is 0 Å². The van der Waals surface area contributed by atoms with Crippen molar-refractivity contribution in [3.05, 3.63) is 34.6 Å². The number of carboxylic acid groups (broad SMARTS) is 1. The molecule has 104 valence electrons. The Kier molecular flexibility index (Phi) is 5.72. The van der Waals surface area contributed by atoms with Crippen molar-refractivity contribution in [2.75, 3.05) is 13.7 Å². The summed E-state index contributed by atoms with van der Waals surface area (Å²) in [5.41, 5.74) is -0.256. The number of carboxylic acids is 1. The predicted octanol–water partition coefficient (Wildman–Crippen LogP) is 1.70. The smallest absolute Gasteiger partial charge is 0.326 e. The first kappa shape index (κ1) is 15.4. The van der Waals surface area contributed by atoms with Crippen molar-refractivity contribution in [3.8, 4) is 0 Å². The number of hydrogen-bond acceptors (Lipinski definition) is 3. The second kappa shape index (κ2) is 7.06. The third-order valence-electron chi connectivity index (χ3n) is 2.39. The molecule has 1 aromatic carbocycles. The number of hydrogen-bond donors (Lipinski definition) is 2. The molecular formula is C12H13ClFNO4. The average Bonchev–Trinajstić information content (AvgIpc) is 2.33. The Balaban J connectivity index is 2.78. The third-order valence-corrected chi connectivity index (χ3v) is 2.62. The highest BCUT2D eigenvalue weighted by molar-refractivity contribution is 6.30. The topological polar surface area (TPSA) is 75.6 Å². The van der Waals surface area contributed by atoms with E-state index in [0.29, 0.717) is 0 Å². The molecule has 1 rings (SSSR count). The minimum atomic E-state index is -1.21. The van der Waals surface area contributed by atoms with Crippen LogP contribution in [0.4, 0.5) is 4.39 Å². The van der Waals surface area contributed by atoms with E-state index in [0.717, 1.165) is 6.07 Å². The van der Waals surface area contributed by atoms with Gasteiger partial charge in [-0.1, -0.05) is 11.6 Å². The van der Waals surface area contributed by atoms with Crippen LogP contribution in [-0.2, 0) is 9.53 Å². The number of nitrogens with one attached hydrogen (secondary N) is 1. The lowest BCUT2D eigenvalue weighted by molar-refractivity contribution is -0.139. The van der Waals surface area contributed by atoms with Gasteiger partial charge in [0, 0.05) is 25.2 Å². The highest BCUT2D eigenvalue weighted by atomic mass is 35.5. The number of rotatable bonds is 6. The molecule has 0 heterocycles. The number of benzene rings is 1. The lowest BCUT2D eigenvalue weighted by Crippen LogP contribution is -2.41. The molecule has 0 aliphatic rings. The first-order chi connectivity index (χ1) is 8.95. The van der Waals surface area contributed by atoms with Gasteiger partial charge in [-0.25, -0.2) is 9.18 Å². The number of methoxy groups -OCH3 is 1. The quantitative estimate of drug-likeness (QED) is 0.836. The SMILES string of the molecule is COCCC(NC(=O)c1ccc(Cl)cc1F)C(=O)O. The van der Waals surface area contributed by atoms with Crippen molar-refractivity contribution in [2.24, 2.45) is 0 Å². The van der Waals surface area contributed by atoms with E-state index in [-0.39, 0.29) is 23.6 Å². The monoisotopic (exact) mass is 289 g/mol. The molecule has 0 aromatic heterocycles. The van der Waals surface area contributed by atoms with Gasteiger partial charge in [0.1, 0.15) is 11.9 Å². The molecule has 0 aliphatic heterocycles. The first-order valence-electron chi connectivity index (χ1n) is 5.43. The lowest BCUT2D eigenvalue weighted by atomic mass is 10.1. The highest BCUT2D eigenvalue weighted by Crippen LogP contribution is 2.14. The number of carbonyl (C=O) groups excluding carboxylic acids is 1. The van der Waals surface area contributed by atoms with Crippen LogP contribution in [0.25, 0.3) is 0 Å². The maximum absolute atomic E-state index is 13.5. The van der Waals surface area contributed by atoms with Crippen molar-refractivity contribution < 1.29 is 23.8 Å². The van der Waals surface area contributed by atoms with Crippen LogP contribution in [0.3, 0.4) is 0 Å². The van der Waals surface area contributed by atoms with Gasteiger partial charge in [0.2, 0.25) is 0 Å². The molecule has 1 atom stereocenters. The molecule has 5 nitrogen and oxygen atoms in total. The fourth-order valence-corrected chi connectivity index (χ4v) is 1.56. The maximum atomic E-state index is 13.5. The van der Waals surface area contributed by atoms with Crippen molar-refractivity contribution in [2.45, 2.75) is 12.5 Å². The Hall–Kier alpha value is -1.66. The Morgan fingerprint density at radius 2 is 2.21 bits per heavy atom. The molecule has 0 saturated heterocycles. The zero-order valence-corrected chi connectivity index (χ0v) is 10.9. The molecule has 0 saturated carbocycles. The van der Waals surface area contributed by atoms with Crippen molar-refractivity contribution in [1.82, 2.24) is 5.32 Å². The fourth-order valence-electron chi connectivity index (χ4n) is 1.40. The van der Waals surface area contributed by atoms with E-state index in [1.165, 1.54) is 19.2 Å². The van der Waals surface area contributed by atoms with E-state index in [1.54, 1.807) is 0 Å². The molecule has 1 amide bonds. The third kappa shape index (κ3) is 4.50. The summed E-state index contributed by atoms with van der Waals surface area (Å²) in [4.78, 5) is 22.7. The molecule has 1 aromatic rings. The van der Waals surface area contributed by atoms with Gasteiger partial charge in [-0.05, 0) is 18.2 Å². The van der Waals surface area contributed by atoms with Crippen LogP contribution in [-0.4, -0.2) is 36.7 Å². The van der Waals surface area contributed by atoms with Crippen LogP contribution in [0.1, 0.15) is 16.8 Å². The van der Waals surface area contributed by atoms with Gasteiger partial charge in [-0.3, -0.25) is 4.79 Å². The Morgan fingerprint density at radius 3 is 2.74 bits per heavy atom. The minimum Gasteiger partial charge on any atom is -0.480 e. The van der Waals surface area contributed by atoms with Crippen LogP contribution in [0.5, 0.6) is 0 Å². The summed E-state index contributed by atoms with van der Waals surface area (Å²) >= 11 is 5.56. The van der Waals surface area contributed by atoms with Gasteiger partial charge < -0.3 is 15.2 Å². The standard InChI is InChI=1S/C12H13ClFNO4/c1-19-5-4-10(12(17)18)15-11(16)8-3-2-7(13)6-9(8)14/h2-3,6,10H,4-5H2,1H3,(H,15,16)(H,17,18). The minimum absolute atomic E-state index is 0.0901. The van der Waals surface area contributed by atoms with Crippen molar-refractivity contribution in [1.29, 1.82) is 0 Å². The molecule has 0 fully saturated rings. The van der Waals surface area contributed by atoms with E-state index < -0.39 is 23.7 Å². The summed E-state index contributed by atoms with van der Waals surface area (Å²) in [5, 5.41) is 11.3. The van der Waals surface area contributed by atoms with Gasteiger partial charge in [-0.2, -0.15) is 0 Å². The summed E-state index contributed by atoms with van der Waals surface area (Å²) < 4.78 is 18.2. The van der Waals surface area contributed by atoms with E-state index in [1.807, 2.05) is 0 Å². The molecule has 0 bridgehead atoms. The fraction of sp³-hybridized carbons (Fsp3) is 0.333. The average molecular weight is 290 g/mol. The molecule has 1 unspecified atom stereocenters. The molecule has 2 N–H and O–H groups in total. The first-order valence-corrected chi connectivity index (χ1v) is 5.81. The Labute approximate surface area is 114 Å². The number of aliphatic carboxylic acids is 1. The molecule has 0 spiro atoms. The maximum Gasteiger partial charge on any atom is 0.326 e. The molecular weight excluding hydrogens is 277 g/mol. The van der Waals surface area contributed by atoms with Crippen LogP contribution < -0.4 is 5.32 Å². The van der Waals surface area contributed by atoms with E-state index >= 15 is 0 Å². The van der Waals surface area contributed by atoms with Crippen molar-refractivity contribution in [3.63, 3.8) is 0 Å². The van der Waals surface area contributed by atoms with Crippen molar-refractivity contribution >= 4 is 23.5 Å². The van der Waals surface area contributed by atoms with Gasteiger partial charge in [0.25, 0.3) is 5.91 Å². The van der Waals surface area contributed by atoms with Gasteiger partial charge >= 0.3 is 5.97 Å². The van der Waals surface area contributed by atoms with Crippen LogP contribution in [0.15, 0.2) is 18.2 Å². The lowest BCUT2D eigenvalue weighted by Gasteiger charge is -2.14. The number of halogens is 2. The molecule has 0 radical (unpaired) electrons. The summed E-state index contributed by atoms with van der Waals surface area (Å²) in [6.45, 7) is 0.167. The largest absolute Gasteiger partial charge is 0.480 e. The summed E-state index contributed by atoms with van der Waals surface area (Å²) in [6, 6.07) is 2.40. The summed E-state index contributed by atoms with van der Waals surface area (Å²) in [5.74, 6) is -2.82. The molecule has 7 heteroatoms. The van der Waals surface area contributed by atoms with Gasteiger partial charge in [0.05, 0.1) is 5.56 Å². The predicted molar refractivity (Wildman–Crippen MR) is 66.8 cm³/mol. The second-order valence-electron chi connectivity index (χ2n) is 3.77. The van der Waals surface area contributed by atoms with Gasteiger partial charge in [-0.15, -0.1) is 0 Å². The normalized spacial score (nSPS) is 11.9. The summed E-state index contributed by atoms with van der Waals surface area (Å²) in [7, 11) is 1.42. The van der Waals surface area contributed by atoms with Crippen LogP contribution in [0.2, 0.25) is 5.02 Å². The Morgan fingerprint density at radius 1 is 1.53 bits per heavy atom. The van der Waals surface area contributed by atoms with Crippen LogP contribution in [0, 0.1) is 5.82 Å². The zero-order chi connectivity index (χ0) is 14.4. The highest BCUT2D eigenvalue weighted by Gasteiger charge is 2.21. The number of amides is 1. The summed E-state index contributed by atoms with van der Waals surface area (Å²) in [6.07, 6.45) is 0.0901. The van der Waals surface area contributed by atoms with Crippen LogP contribution >= 0.6 is 11.6 Å². The zero-order valence-electron chi connectivity index (χ0n) is 10.2. The molecule has 0 aliphatic carbocycles. The number of carbonyl (C=O) groups is 2. The van der Waals surface area contributed by atoms with E-state index in [4.69, 9.17) is 21.4 Å². The number of ether oxygens (including phenoxy) is 1. The Bertz CT molecular complexity index is 481. The van der Waals surface area contributed by atoms with E-state index in [9.17, 15) is 14.0 Å². The van der Waals surface area contributed by atoms with E-state index in [2.05, 4.69) is 5.32 Å².